The van der Waals surface area contributed by atoms with E-state index in [0.717, 1.165) is 31.1 Å². The number of likely N-dealkylation sites (N-methyl/N-ethyl adjacent to an activating group) is 1. The number of piperazine rings is 1. The predicted molar refractivity (Wildman–Crippen MR) is 77.2 cm³/mol. The van der Waals surface area contributed by atoms with E-state index in [9.17, 15) is 4.79 Å². The van der Waals surface area contributed by atoms with E-state index in [-0.39, 0.29) is 0 Å². The average molecular weight is 297 g/mol. The first-order valence-corrected chi connectivity index (χ1v) is 7.16. The number of amides is 1. The summed E-state index contributed by atoms with van der Waals surface area (Å²) in [6.45, 7) is 3.86. The molecule has 1 aromatic carbocycles. The van der Waals surface area contributed by atoms with Crippen molar-refractivity contribution in [2.24, 2.45) is 0 Å². The van der Waals surface area contributed by atoms with Crippen LogP contribution in [0, 0.1) is 0 Å². The van der Waals surface area contributed by atoms with Gasteiger partial charge in [0.05, 0.1) is 12.7 Å². The van der Waals surface area contributed by atoms with Gasteiger partial charge in [0.1, 0.15) is 5.75 Å². The van der Waals surface area contributed by atoms with Crippen LogP contribution in [0.1, 0.15) is 10.4 Å². The minimum Gasteiger partial charge on any atom is -0.496 e. The summed E-state index contributed by atoms with van der Waals surface area (Å²) in [7, 11) is 3.60. The number of carbonyl (C=O) groups is 1. The van der Waals surface area contributed by atoms with E-state index in [1.807, 2.05) is 12.1 Å². The molecule has 0 bridgehead atoms. The largest absolute Gasteiger partial charge is 0.496 e. The smallest absolute Gasteiger partial charge is 0.279 e. The van der Waals surface area contributed by atoms with Gasteiger partial charge in [-0.3, -0.25) is 10.0 Å². The molecular formula is C13H19N3O3S. The molecule has 1 aliphatic heterocycles. The summed E-state index contributed by atoms with van der Waals surface area (Å²) in [6, 6.07) is 5.40. The Kier molecular flexibility index (Phi) is 5.24. The fraction of sp³-hybridized carbons (Fsp3) is 0.462. The maximum Gasteiger partial charge on any atom is 0.279 e. The maximum absolute atomic E-state index is 11.8. The maximum atomic E-state index is 11.8. The summed E-state index contributed by atoms with van der Waals surface area (Å²) in [5, 5.41) is 8.89. The van der Waals surface area contributed by atoms with Gasteiger partial charge in [-0.05, 0) is 31.1 Å². The van der Waals surface area contributed by atoms with Crippen molar-refractivity contribution >= 4 is 17.9 Å². The number of nitrogens with zero attached hydrogens (tertiary/aromatic N) is 2. The number of hydroxylamine groups is 1. The Morgan fingerprint density at radius 1 is 1.35 bits per heavy atom. The first-order chi connectivity index (χ1) is 9.65. The molecule has 6 nitrogen and oxygen atoms in total. The van der Waals surface area contributed by atoms with Crippen LogP contribution in [0.4, 0.5) is 0 Å². The zero-order valence-corrected chi connectivity index (χ0v) is 12.4. The van der Waals surface area contributed by atoms with E-state index in [0.29, 0.717) is 11.3 Å². The Labute approximate surface area is 122 Å². The SMILES string of the molecule is COc1cccc(SN2CCN(C)CC2)c1C(=O)NO. The molecule has 0 spiro atoms. The van der Waals surface area contributed by atoms with E-state index in [4.69, 9.17) is 9.94 Å². The van der Waals surface area contributed by atoms with Crippen LogP contribution >= 0.6 is 11.9 Å². The van der Waals surface area contributed by atoms with Crippen LogP contribution in [0.2, 0.25) is 0 Å². The topological polar surface area (TPSA) is 65.0 Å². The third kappa shape index (κ3) is 3.43. The first-order valence-electron chi connectivity index (χ1n) is 6.38. The van der Waals surface area contributed by atoms with Crippen molar-refractivity contribution < 1.29 is 14.7 Å². The molecule has 0 aromatic heterocycles. The van der Waals surface area contributed by atoms with Gasteiger partial charge in [-0.2, -0.15) is 0 Å². The molecule has 1 aromatic rings. The molecule has 7 heteroatoms. The van der Waals surface area contributed by atoms with E-state index in [1.165, 1.54) is 19.1 Å². The summed E-state index contributed by atoms with van der Waals surface area (Å²) in [6.07, 6.45) is 0. The minimum atomic E-state index is -0.556. The molecule has 1 fully saturated rings. The van der Waals surface area contributed by atoms with Gasteiger partial charge >= 0.3 is 0 Å². The molecular weight excluding hydrogens is 278 g/mol. The summed E-state index contributed by atoms with van der Waals surface area (Å²) < 4.78 is 7.41. The van der Waals surface area contributed by atoms with Crippen molar-refractivity contribution in [3.05, 3.63) is 23.8 Å². The summed E-state index contributed by atoms with van der Waals surface area (Å²) in [5.41, 5.74) is 2.04. The van der Waals surface area contributed by atoms with Crippen LogP contribution in [-0.2, 0) is 0 Å². The van der Waals surface area contributed by atoms with E-state index >= 15 is 0 Å². The molecule has 2 rings (SSSR count). The number of rotatable bonds is 4. The van der Waals surface area contributed by atoms with Crippen LogP contribution in [0.3, 0.4) is 0 Å². The lowest BCUT2D eigenvalue weighted by Gasteiger charge is -2.31. The van der Waals surface area contributed by atoms with Gasteiger partial charge in [0.25, 0.3) is 5.91 Å². The fourth-order valence-electron chi connectivity index (χ4n) is 2.06. The van der Waals surface area contributed by atoms with Gasteiger partial charge in [-0.25, -0.2) is 9.79 Å². The average Bonchev–Trinajstić information content (AvgIpc) is 2.48. The van der Waals surface area contributed by atoms with Gasteiger partial charge in [0.2, 0.25) is 0 Å². The molecule has 20 heavy (non-hydrogen) atoms. The molecule has 0 saturated carbocycles. The normalized spacial score (nSPS) is 16.9. The van der Waals surface area contributed by atoms with Gasteiger partial charge in [-0.15, -0.1) is 0 Å². The second kappa shape index (κ2) is 6.94. The van der Waals surface area contributed by atoms with E-state index in [2.05, 4.69) is 16.3 Å². The lowest BCUT2D eigenvalue weighted by molar-refractivity contribution is 0.0699. The van der Waals surface area contributed by atoms with Crippen molar-refractivity contribution in [3.63, 3.8) is 0 Å². The first kappa shape index (κ1) is 15.1. The van der Waals surface area contributed by atoms with Crippen molar-refractivity contribution in [2.75, 3.05) is 40.3 Å². The predicted octanol–water partition coefficient (Wildman–Crippen LogP) is 1.07. The van der Waals surface area contributed by atoms with Crippen LogP contribution in [0.15, 0.2) is 23.1 Å². The monoisotopic (exact) mass is 297 g/mol. The van der Waals surface area contributed by atoms with Crippen LogP contribution in [-0.4, -0.2) is 60.7 Å². The molecule has 2 N–H and O–H groups in total. The molecule has 0 atom stereocenters. The Morgan fingerprint density at radius 3 is 2.65 bits per heavy atom. The highest BCUT2D eigenvalue weighted by molar-refractivity contribution is 7.97. The zero-order chi connectivity index (χ0) is 14.5. The fourth-order valence-corrected chi connectivity index (χ4v) is 3.10. The lowest BCUT2D eigenvalue weighted by Crippen LogP contribution is -2.41. The van der Waals surface area contributed by atoms with Crippen LogP contribution in [0.5, 0.6) is 5.75 Å². The summed E-state index contributed by atoms with van der Waals surface area (Å²) >= 11 is 1.52. The molecule has 110 valence electrons. The summed E-state index contributed by atoms with van der Waals surface area (Å²) in [5.74, 6) is -0.102. The van der Waals surface area contributed by atoms with E-state index < -0.39 is 5.91 Å². The van der Waals surface area contributed by atoms with Gasteiger partial charge in [0, 0.05) is 31.1 Å². The van der Waals surface area contributed by atoms with Gasteiger partial charge in [0.15, 0.2) is 0 Å². The highest BCUT2D eigenvalue weighted by atomic mass is 32.2. The minimum absolute atomic E-state index is 0.362. The highest BCUT2D eigenvalue weighted by Gasteiger charge is 2.21. The van der Waals surface area contributed by atoms with Crippen molar-refractivity contribution in [2.45, 2.75) is 4.90 Å². The number of hydrogen-bond donors (Lipinski definition) is 2. The Bertz CT molecular complexity index is 476. The summed E-state index contributed by atoms with van der Waals surface area (Å²) in [4.78, 5) is 14.9. The Balaban J connectivity index is 2.20. The van der Waals surface area contributed by atoms with Crippen LogP contribution in [0.25, 0.3) is 0 Å². The third-order valence-corrected chi connectivity index (χ3v) is 4.39. The second-order valence-electron chi connectivity index (χ2n) is 4.60. The van der Waals surface area contributed by atoms with E-state index in [1.54, 1.807) is 11.5 Å². The number of ether oxygens (including phenoxy) is 1. The van der Waals surface area contributed by atoms with Crippen LogP contribution < -0.4 is 10.2 Å². The van der Waals surface area contributed by atoms with Gasteiger partial charge in [-0.1, -0.05) is 6.07 Å². The van der Waals surface area contributed by atoms with Crippen molar-refractivity contribution in [3.8, 4) is 5.75 Å². The number of hydrogen-bond acceptors (Lipinski definition) is 6. The highest BCUT2D eigenvalue weighted by Crippen LogP contribution is 2.32. The molecule has 0 radical (unpaired) electrons. The molecule has 1 heterocycles. The number of carbonyl (C=O) groups excluding carboxylic acids is 1. The Morgan fingerprint density at radius 2 is 2.05 bits per heavy atom. The molecule has 0 aliphatic carbocycles. The third-order valence-electron chi connectivity index (χ3n) is 3.23. The number of methoxy groups -OCH3 is 1. The molecule has 1 saturated heterocycles. The number of benzene rings is 1. The Hall–Kier alpha value is -1.28. The standard InChI is InChI=1S/C13H19N3O3S/c1-15-6-8-16(9-7-15)20-11-5-3-4-10(19-2)12(11)13(17)14-18/h3-5,18H,6-9H2,1-2H3,(H,14,17). The molecule has 1 amide bonds. The molecule has 1 aliphatic rings. The zero-order valence-electron chi connectivity index (χ0n) is 11.6. The molecule has 0 unspecified atom stereocenters. The van der Waals surface area contributed by atoms with Crippen molar-refractivity contribution in [1.29, 1.82) is 0 Å². The lowest BCUT2D eigenvalue weighted by atomic mass is 10.2. The second-order valence-corrected chi connectivity index (χ2v) is 5.74. The van der Waals surface area contributed by atoms with Crippen molar-refractivity contribution in [1.82, 2.24) is 14.7 Å². The quantitative estimate of drug-likeness (QED) is 0.492. The van der Waals surface area contributed by atoms with Gasteiger partial charge < -0.3 is 9.64 Å². The number of nitrogens with one attached hydrogen (secondary N) is 1.